The van der Waals surface area contributed by atoms with Crippen molar-refractivity contribution in [2.45, 2.75) is 21.3 Å². The van der Waals surface area contributed by atoms with Gasteiger partial charge in [0.25, 0.3) is 0 Å². The van der Waals surface area contributed by atoms with E-state index in [9.17, 15) is 0 Å². The molecule has 2 rings (SSSR count). The van der Waals surface area contributed by atoms with Gasteiger partial charge in [-0.15, -0.1) is 0 Å². The Morgan fingerprint density at radius 1 is 0.643 bits per heavy atom. The number of rotatable bonds is 0. The molecule has 14 heavy (non-hydrogen) atoms. The smallest absolute Gasteiger partial charge is 0.213 e. The molecule has 2 aromatic carbocycles. The summed E-state index contributed by atoms with van der Waals surface area (Å²) in [7, 11) is 0. The van der Waals surface area contributed by atoms with Gasteiger partial charge in [-0.25, -0.2) is 24.3 Å². The zero-order chi connectivity index (χ0) is 8.81. The van der Waals surface area contributed by atoms with Crippen molar-refractivity contribution < 1.29 is 26.2 Å². The Morgan fingerprint density at radius 3 is 0.929 bits per heavy atom. The quantitative estimate of drug-likeness (QED) is 0.630. The summed E-state index contributed by atoms with van der Waals surface area (Å²) in [6.45, 7) is 4.17. The van der Waals surface area contributed by atoms with Gasteiger partial charge >= 0.3 is 26.2 Å². The summed E-state index contributed by atoms with van der Waals surface area (Å²) in [6, 6.07) is 16.5. The summed E-state index contributed by atoms with van der Waals surface area (Å²) < 4.78 is 0. The Labute approximate surface area is 107 Å². The van der Waals surface area contributed by atoms with Crippen LogP contribution in [-0.4, -0.2) is 0 Å². The standard InChI is InChI=1S/2C6H7.CH4.Zr/c2*1-6-4-2-3-5-6;;/h2*2-5H,1H3;1H4;/q2*-1;;+2. The number of hydrogen-bond donors (Lipinski definition) is 0. The van der Waals surface area contributed by atoms with Gasteiger partial charge in [-0.1, -0.05) is 21.3 Å². The normalized spacial score (nSPS) is 7.57. The third kappa shape index (κ3) is 7.03. The van der Waals surface area contributed by atoms with E-state index in [0.29, 0.717) is 0 Å². The average molecular weight is 266 g/mol. The predicted molar refractivity (Wildman–Crippen MR) is 60.3 cm³/mol. The van der Waals surface area contributed by atoms with Gasteiger partial charge in [-0.2, -0.15) is 35.4 Å². The van der Waals surface area contributed by atoms with E-state index in [1.165, 1.54) is 11.1 Å². The molecular weight excluding hydrogens is 247 g/mol. The number of aryl methyl sites for hydroxylation is 2. The largest absolute Gasteiger partial charge is 2.00 e. The van der Waals surface area contributed by atoms with Crippen LogP contribution in [0.25, 0.3) is 0 Å². The molecule has 0 atom stereocenters. The van der Waals surface area contributed by atoms with Gasteiger partial charge in [-0.05, 0) is 0 Å². The van der Waals surface area contributed by atoms with Crippen LogP contribution in [0.5, 0.6) is 0 Å². The molecule has 0 fully saturated rings. The fourth-order valence-electron chi connectivity index (χ4n) is 0.940. The van der Waals surface area contributed by atoms with Crippen molar-refractivity contribution in [3.8, 4) is 0 Å². The third-order valence-electron chi connectivity index (χ3n) is 1.66. The summed E-state index contributed by atoms with van der Waals surface area (Å²) in [4.78, 5) is 0. The van der Waals surface area contributed by atoms with Crippen LogP contribution in [0.2, 0.25) is 0 Å². The van der Waals surface area contributed by atoms with Crippen LogP contribution in [0.3, 0.4) is 0 Å². The molecule has 74 valence electrons. The van der Waals surface area contributed by atoms with Crippen molar-refractivity contribution in [1.82, 2.24) is 0 Å². The average Bonchev–Trinajstić information content (AvgIpc) is 2.63. The summed E-state index contributed by atoms with van der Waals surface area (Å²) in [5.41, 5.74) is 2.69. The van der Waals surface area contributed by atoms with Crippen molar-refractivity contribution in [2.24, 2.45) is 0 Å². The second-order valence-electron chi connectivity index (χ2n) is 2.92. The van der Waals surface area contributed by atoms with Gasteiger partial charge in [0.05, 0.1) is 0 Å². The Hall–Kier alpha value is -0.417. The Kier molecular flexibility index (Phi) is 10.5. The summed E-state index contributed by atoms with van der Waals surface area (Å²) in [6.07, 6.45) is 0. The molecule has 0 aliphatic rings. The first-order chi connectivity index (χ1) is 5.79. The Morgan fingerprint density at radius 2 is 0.857 bits per heavy atom. The van der Waals surface area contributed by atoms with Crippen LogP contribution in [0.1, 0.15) is 18.6 Å². The molecule has 0 radical (unpaired) electrons. The second kappa shape index (κ2) is 9.15. The minimum absolute atomic E-state index is 0. The molecule has 0 amide bonds. The molecule has 0 spiro atoms. The van der Waals surface area contributed by atoms with Crippen LogP contribution in [0.4, 0.5) is 0 Å². The van der Waals surface area contributed by atoms with E-state index in [4.69, 9.17) is 0 Å². The zero-order valence-electron chi connectivity index (χ0n) is 8.12. The van der Waals surface area contributed by atoms with Crippen molar-refractivity contribution >= 4 is 0 Å². The first-order valence-electron chi connectivity index (χ1n) is 4.15. The van der Waals surface area contributed by atoms with E-state index >= 15 is 0 Å². The minimum atomic E-state index is 0. The summed E-state index contributed by atoms with van der Waals surface area (Å²) in [5, 5.41) is 0. The molecule has 0 aliphatic carbocycles. The molecule has 0 aliphatic heterocycles. The van der Waals surface area contributed by atoms with Gasteiger partial charge in [-0.3, -0.25) is 0 Å². The van der Waals surface area contributed by atoms with E-state index in [2.05, 4.69) is 38.1 Å². The SMILES string of the molecule is C.C[c-]1cccc1.C[c-]1cccc1.[Zr+2]. The molecule has 0 bridgehead atoms. The first-order valence-corrected chi connectivity index (χ1v) is 4.15. The molecule has 0 unspecified atom stereocenters. The van der Waals surface area contributed by atoms with Crippen LogP contribution < -0.4 is 0 Å². The van der Waals surface area contributed by atoms with Gasteiger partial charge in [0, 0.05) is 0 Å². The van der Waals surface area contributed by atoms with Crippen molar-refractivity contribution in [3.05, 3.63) is 59.7 Å². The maximum Gasteiger partial charge on any atom is 2.00 e. The van der Waals surface area contributed by atoms with Crippen LogP contribution in [-0.2, 0) is 26.2 Å². The molecule has 0 saturated carbocycles. The Balaban J connectivity index is 0. The van der Waals surface area contributed by atoms with Crippen LogP contribution >= 0.6 is 0 Å². The fraction of sp³-hybridized carbons (Fsp3) is 0.231. The van der Waals surface area contributed by atoms with E-state index in [1.807, 2.05) is 24.3 Å². The van der Waals surface area contributed by atoms with Gasteiger partial charge in [0.1, 0.15) is 0 Å². The predicted octanol–water partition coefficient (Wildman–Crippen LogP) is 4.06. The van der Waals surface area contributed by atoms with Gasteiger partial charge < -0.3 is 0 Å². The maximum absolute atomic E-state index is 2.08. The van der Waals surface area contributed by atoms with Crippen molar-refractivity contribution in [3.63, 3.8) is 0 Å². The number of hydrogen-bond acceptors (Lipinski definition) is 0. The summed E-state index contributed by atoms with van der Waals surface area (Å²) >= 11 is 0. The minimum Gasteiger partial charge on any atom is -0.213 e. The molecule has 2 aromatic rings. The molecule has 0 saturated heterocycles. The Bertz CT molecular complexity index is 245. The van der Waals surface area contributed by atoms with Gasteiger partial charge in [0.2, 0.25) is 0 Å². The van der Waals surface area contributed by atoms with Crippen LogP contribution in [0.15, 0.2) is 48.5 Å². The first kappa shape index (κ1) is 16.0. The van der Waals surface area contributed by atoms with Crippen molar-refractivity contribution in [2.75, 3.05) is 0 Å². The van der Waals surface area contributed by atoms with Crippen molar-refractivity contribution in [1.29, 1.82) is 0 Å². The molecule has 0 aromatic heterocycles. The topological polar surface area (TPSA) is 0 Å². The molecule has 0 heterocycles. The van der Waals surface area contributed by atoms with Crippen LogP contribution in [0, 0.1) is 13.8 Å². The molecule has 1 heteroatoms. The third-order valence-corrected chi connectivity index (χ3v) is 1.66. The molecule has 0 N–H and O–H groups in total. The monoisotopic (exact) mass is 264 g/mol. The van der Waals surface area contributed by atoms with E-state index in [0.717, 1.165) is 0 Å². The fourth-order valence-corrected chi connectivity index (χ4v) is 0.940. The molecule has 0 nitrogen and oxygen atoms in total. The second-order valence-corrected chi connectivity index (χ2v) is 2.92. The van der Waals surface area contributed by atoms with E-state index in [-0.39, 0.29) is 33.6 Å². The molecular formula is C13H18Zr. The maximum atomic E-state index is 2.08. The van der Waals surface area contributed by atoms with Gasteiger partial charge in [0.15, 0.2) is 0 Å². The summed E-state index contributed by atoms with van der Waals surface area (Å²) in [5.74, 6) is 0. The van der Waals surface area contributed by atoms with E-state index < -0.39 is 0 Å². The zero-order valence-corrected chi connectivity index (χ0v) is 10.6. The van der Waals surface area contributed by atoms with E-state index in [1.54, 1.807) is 0 Å².